The summed E-state index contributed by atoms with van der Waals surface area (Å²) in [6, 6.07) is 7.95. The number of rotatable bonds is 1. The second kappa shape index (κ2) is 4.38. The molecule has 1 N–H and O–H groups in total. The lowest BCUT2D eigenvalue weighted by atomic mass is 9.83. The predicted molar refractivity (Wildman–Crippen MR) is 77.2 cm³/mol. The summed E-state index contributed by atoms with van der Waals surface area (Å²) in [5.41, 5.74) is 5.00. The molecule has 1 fully saturated rings. The van der Waals surface area contributed by atoms with E-state index in [0.717, 1.165) is 12.0 Å². The molecule has 1 aromatic carbocycles. The first-order valence-corrected chi connectivity index (χ1v) is 7.42. The number of benzene rings is 1. The first-order chi connectivity index (χ1) is 8.55. The Hall–Kier alpha value is -0.820. The molecule has 1 heteroatoms. The maximum atomic E-state index is 3.70. The molecule has 0 amide bonds. The molecule has 1 aromatic rings. The lowest BCUT2D eigenvalue weighted by molar-refractivity contribution is 0.484. The van der Waals surface area contributed by atoms with Crippen LogP contribution in [-0.4, -0.2) is 12.6 Å². The van der Waals surface area contributed by atoms with E-state index in [4.69, 9.17) is 0 Å². The monoisotopic (exact) mass is 243 g/mol. The average molecular weight is 243 g/mol. The molecular weight excluding hydrogens is 218 g/mol. The minimum Gasteiger partial charge on any atom is -0.313 e. The maximum absolute atomic E-state index is 3.70. The van der Waals surface area contributed by atoms with E-state index in [1.807, 2.05) is 0 Å². The zero-order valence-corrected chi connectivity index (χ0v) is 11.9. The molecule has 18 heavy (non-hydrogen) atoms. The Labute approximate surface area is 111 Å². The van der Waals surface area contributed by atoms with Crippen molar-refractivity contribution >= 4 is 0 Å². The molecule has 1 heterocycles. The highest BCUT2D eigenvalue weighted by molar-refractivity contribution is 5.41. The molecule has 0 bridgehead atoms. The number of nitrogens with one attached hydrogen (secondary N) is 1. The van der Waals surface area contributed by atoms with Crippen molar-refractivity contribution in [2.24, 2.45) is 0 Å². The van der Waals surface area contributed by atoms with Crippen molar-refractivity contribution in [2.45, 2.75) is 63.8 Å². The minimum absolute atomic E-state index is 0.269. The van der Waals surface area contributed by atoms with Gasteiger partial charge in [0.2, 0.25) is 0 Å². The Morgan fingerprint density at radius 3 is 2.67 bits per heavy atom. The van der Waals surface area contributed by atoms with Crippen LogP contribution < -0.4 is 5.32 Å². The largest absolute Gasteiger partial charge is 0.313 e. The SMILES string of the molecule is CC(C)(C)c1ccc2c(c1)[C@@H]([C@H]1CCCN1)CC2. The molecule has 2 atom stereocenters. The number of hydrogen-bond donors (Lipinski definition) is 1. The van der Waals surface area contributed by atoms with Gasteiger partial charge < -0.3 is 5.32 Å². The molecule has 0 aromatic heterocycles. The van der Waals surface area contributed by atoms with Crippen molar-refractivity contribution in [2.75, 3.05) is 6.54 Å². The number of fused-ring (bicyclic) bond motifs is 1. The molecule has 98 valence electrons. The van der Waals surface area contributed by atoms with Crippen LogP contribution in [0, 0.1) is 0 Å². The van der Waals surface area contributed by atoms with E-state index in [2.05, 4.69) is 44.3 Å². The summed E-state index contributed by atoms with van der Waals surface area (Å²) in [5, 5.41) is 3.70. The van der Waals surface area contributed by atoms with Crippen LogP contribution in [0.1, 0.15) is 62.6 Å². The fourth-order valence-electron chi connectivity index (χ4n) is 3.57. The van der Waals surface area contributed by atoms with Crippen LogP contribution in [0.25, 0.3) is 0 Å². The highest BCUT2D eigenvalue weighted by Crippen LogP contribution is 2.39. The van der Waals surface area contributed by atoms with Crippen LogP contribution in [0.15, 0.2) is 18.2 Å². The summed E-state index contributed by atoms with van der Waals surface area (Å²) in [5.74, 6) is 0.768. The second-order valence-electron chi connectivity index (χ2n) is 7.01. The average Bonchev–Trinajstić information content (AvgIpc) is 2.95. The standard InChI is InChI=1S/C17H25N/c1-17(2,3)13-8-6-12-7-9-14(15(12)11-13)16-5-4-10-18-16/h6,8,11,14,16,18H,4-5,7,9-10H2,1-3H3/t14-,16+/m0/s1. The molecule has 0 radical (unpaired) electrons. The summed E-state index contributed by atoms with van der Waals surface area (Å²) in [6.07, 6.45) is 5.35. The quantitative estimate of drug-likeness (QED) is 0.792. The fourth-order valence-corrected chi connectivity index (χ4v) is 3.57. The van der Waals surface area contributed by atoms with Gasteiger partial charge in [-0.2, -0.15) is 0 Å². The van der Waals surface area contributed by atoms with E-state index in [-0.39, 0.29) is 5.41 Å². The third-order valence-corrected chi connectivity index (χ3v) is 4.72. The van der Waals surface area contributed by atoms with Crippen molar-refractivity contribution in [3.8, 4) is 0 Å². The van der Waals surface area contributed by atoms with Crippen LogP contribution in [0.4, 0.5) is 0 Å². The summed E-state index contributed by atoms with van der Waals surface area (Å²) >= 11 is 0. The maximum Gasteiger partial charge on any atom is 0.0136 e. The van der Waals surface area contributed by atoms with Crippen LogP contribution in [0.2, 0.25) is 0 Å². The zero-order chi connectivity index (χ0) is 12.8. The van der Waals surface area contributed by atoms with E-state index < -0.39 is 0 Å². The van der Waals surface area contributed by atoms with Crippen molar-refractivity contribution in [1.82, 2.24) is 5.32 Å². The fraction of sp³-hybridized carbons (Fsp3) is 0.647. The van der Waals surface area contributed by atoms with Gasteiger partial charge >= 0.3 is 0 Å². The van der Waals surface area contributed by atoms with Gasteiger partial charge in [0.15, 0.2) is 0 Å². The normalized spacial score (nSPS) is 27.5. The second-order valence-corrected chi connectivity index (χ2v) is 7.01. The summed E-state index contributed by atoms with van der Waals surface area (Å²) in [6.45, 7) is 8.15. The smallest absolute Gasteiger partial charge is 0.0136 e. The van der Waals surface area contributed by atoms with Crippen LogP contribution >= 0.6 is 0 Å². The molecule has 1 nitrogen and oxygen atoms in total. The van der Waals surface area contributed by atoms with Gasteiger partial charge in [-0.3, -0.25) is 0 Å². The van der Waals surface area contributed by atoms with Crippen LogP contribution in [-0.2, 0) is 11.8 Å². The van der Waals surface area contributed by atoms with E-state index in [0.29, 0.717) is 0 Å². The Balaban J connectivity index is 1.93. The minimum atomic E-state index is 0.269. The van der Waals surface area contributed by atoms with Crippen molar-refractivity contribution in [3.05, 3.63) is 34.9 Å². The highest BCUT2D eigenvalue weighted by atomic mass is 14.9. The van der Waals surface area contributed by atoms with Gasteiger partial charge in [0.05, 0.1) is 0 Å². The van der Waals surface area contributed by atoms with Gasteiger partial charge in [0, 0.05) is 6.04 Å². The van der Waals surface area contributed by atoms with Gasteiger partial charge in [0.25, 0.3) is 0 Å². The zero-order valence-electron chi connectivity index (χ0n) is 11.9. The van der Waals surface area contributed by atoms with Gasteiger partial charge in [-0.15, -0.1) is 0 Å². The lowest BCUT2D eigenvalue weighted by Crippen LogP contribution is -2.27. The lowest BCUT2D eigenvalue weighted by Gasteiger charge is -2.24. The molecule has 1 saturated heterocycles. The first kappa shape index (κ1) is 12.2. The molecule has 0 saturated carbocycles. The Morgan fingerprint density at radius 1 is 1.17 bits per heavy atom. The molecule has 0 spiro atoms. The first-order valence-electron chi connectivity index (χ1n) is 7.42. The van der Waals surface area contributed by atoms with Gasteiger partial charge in [-0.25, -0.2) is 0 Å². The Bertz CT molecular complexity index is 435. The van der Waals surface area contributed by atoms with Gasteiger partial charge in [0.1, 0.15) is 0 Å². The van der Waals surface area contributed by atoms with E-state index in [1.165, 1.54) is 37.8 Å². The van der Waals surface area contributed by atoms with E-state index in [9.17, 15) is 0 Å². The Morgan fingerprint density at radius 2 is 2.00 bits per heavy atom. The van der Waals surface area contributed by atoms with Crippen molar-refractivity contribution in [1.29, 1.82) is 0 Å². The van der Waals surface area contributed by atoms with E-state index in [1.54, 1.807) is 11.1 Å². The Kier molecular flexibility index (Phi) is 2.97. The number of aryl methyl sites for hydroxylation is 1. The third-order valence-electron chi connectivity index (χ3n) is 4.72. The van der Waals surface area contributed by atoms with Crippen molar-refractivity contribution in [3.63, 3.8) is 0 Å². The van der Waals surface area contributed by atoms with Gasteiger partial charge in [-0.05, 0) is 60.3 Å². The highest BCUT2D eigenvalue weighted by Gasteiger charge is 2.32. The summed E-state index contributed by atoms with van der Waals surface area (Å²) in [4.78, 5) is 0. The number of hydrogen-bond acceptors (Lipinski definition) is 1. The summed E-state index contributed by atoms with van der Waals surface area (Å²) < 4.78 is 0. The van der Waals surface area contributed by atoms with Crippen LogP contribution in [0.5, 0.6) is 0 Å². The molecule has 1 aliphatic carbocycles. The molecule has 3 rings (SSSR count). The topological polar surface area (TPSA) is 12.0 Å². The third kappa shape index (κ3) is 2.09. The van der Waals surface area contributed by atoms with Crippen molar-refractivity contribution < 1.29 is 0 Å². The molecule has 0 unspecified atom stereocenters. The molecule has 2 aliphatic rings. The molecule has 1 aliphatic heterocycles. The van der Waals surface area contributed by atoms with Crippen LogP contribution in [0.3, 0.4) is 0 Å². The predicted octanol–water partition coefficient (Wildman–Crippen LogP) is 3.77. The summed E-state index contributed by atoms with van der Waals surface area (Å²) in [7, 11) is 0. The van der Waals surface area contributed by atoms with Gasteiger partial charge in [-0.1, -0.05) is 39.0 Å². The van der Waals surface area contributed by atoms with E-state index >= 15 is 0 Å². The molecular formula is C17H25N.